The predicted molar refractivity (Wildman–Crippen MR) is 76.1 cm³/mol. The molecule has 108 valence electrons. The summed E-state index contributed by atoms with van der Waals surface area (Å²) in [4.78, 5) is 10.5. The van der Waals surface area contributed by atoms with Crippen LogP contribution in [-0.2, 0) is 0 Å². The second-order valence-electron chi connectivity index (χ2n) is 5.14. The molecule has 2 rings (SSSR count). The van der Waals surface area contributed by atoms with Crippen LogP contribution in [0.3, 0.4) is 0 Å². The van der Waals surface area contributed by atoms with Crippen molar-refractivity contribution in [1.82, 2.24) is 14.9 Å². The molecule has 0 aliphatic carbocycles. The van der Waals surface area contributed by atoms with Gasteiger partial charge in [-0.15, -0.1) is 0 Å². The Labute approximate surface area is 119 Å². The maximum atomic E-state index is 9.20. The summed E-state index contributed by atoms with van der Waals surface area (Å²) >= 11 is 0. The van der Waals surface area contributed by atoms with E-state index in [0.29, 0.717) is 24.0 Å². The van der Waals surface area contributed by atoms with E-state index in [2.05, 4.69) is 20.2 Å². The monoisotopic (exact) mass is 275 g/mol. The molecule has 1 fully saturated rings. The van der Waals surface area contributed by atoms with Gasteiger partial charge in [0.2, 0.25) is 0 Å². The second kappa shape index (κ2) is 7.78. The third-order valence-electron chi connectivity index (χ3n) is 3.61. The number of likely N-dealkylation sites (tertiary alicyclic amines) is 1. The Morgan fingerprint density at radius 1 is 1.45 bits per heavy atom. The molecule has 1 aliphatic rings. The Morgan fingerprint density at radius 2 is 2.30 bits per heavy atom. The Hall–Kier alpha value is -1.71. The van der Waals surface area contributed by atoms with Gasteiger partial charge in [-0.1, -0.05) is 0 Å². The van der Waals surface area contributed by atoms with Gasteiger partial charge in [-0.25, -0.2) is 9.97 Å². The number of aliphatic hydroxyl groups is 1. The number of anilines is 1. The van der Waals surface area contributed by atoms with E-state index in [4.69, 9.17) is 5.26 Å². The third-order valence-corrected chi connectivity index (χ3v) is 3.61. The first-order chi connectivity index (χ1) is 9.83. The van der Waals surface area contributed by atoms with E-state index in [9.17, 15) is 5.11 Å². The molecule has 1 saturated heterocycles. The average molecular weight is 275 g/mol. The van der Waals surface area contributed by atoms with Crippen LogP contribution in [0.25, 0.3) is 0 Å². The first kappa shape index (κ1) is 14.7. The maximum absolute atomic E-state index is 9.20. The lowest BCUT2D eigenvalue weighted by Gasteiger charge is -2.31. The predicted octanol–water partition coefficient (Wildman–Crippen LogP) is 0.855. The third kappa shape index (κ3) is 4.15. The van der Waals surface area contributed by atoms with E-state index in [0.717, 1.165) is 39.0 Å². The van der Waals surface area contributed by atoms with Crippen molar-refractivity contribution in [2.75, 3.05) is 38.1 Å². The van der Waals surface area contributed by atoms with Crippen LogP contribution in [0.5, 0.6) is 0 Å². The van der Waals surface area contributed by atoms with Gasteiger partial charge in [0.05, 0.1) is 0 Å². The molecule has 2 heterocycles. The largest absolute Gasteiger partial charge is 0.396 e. The van der Waals surface area contributed by atoms with Crippen LogP contribution in [0.2, 0.25) is 0 Å². The van der Waals surface area contributed by atoms with Crippen molar-refractivity contribution >= 4 is 5.82 Å². The quantitative estimate of drug-likeness (QED) is 0.749. The van der Waals surface area contributed by atoms with Gasteiger partial charge in [0, 0.05) is 32.1 Å². The Balaban J connectivity index is 1.70. The number of nitrogens with zero attached hydrogens (tertiary/aromatic N) is 4. The summed E-state index contributed by atoms with van der Waals surface area (Å²) in [5.74, 6) is 0.990. The maximum Gasteiger partial charge on any atom is 0.182 e. The lowest BCUT2D eigenvalue weighted by Crippen LogP contribution is -2.37. The van der Waals surface area contributed by atoms with Crippen LogP contribution in [0.4, 0.5) is 5.82 Å². The Morgan fingerprint density at radius 3 is 3.10 bits per heavy atom. The summed E-state index contributed by atoms with van der Waals surface area (Å²) in [6.45, 7) is 4.18. The Kier molecular flexibility index (Phi) is 5.71. The molecule has 20 heavy (non-hydrogen) atoms. The first-order valence-corrected chi connectivity index (χ1v) is 7.11. The smallest absolute Gasteiger partial charge is 0.182 e. The molecule has 1 aliphatic heterocycles. The molecule has 0 bridgehead atoms. The van der Waals surface area contributed by atoms with Crippen LogP contribution in [0.15, 0.2) is 12.4 Å². The number of piperidine rings is 1. The van der Waals surface area contributed by atoms with Gasteiger partial charge < -0.3 is 15.3 Å². The van der Waals surface area contributed by atoms with Gasteiger partial charge >= 0.3 is 0 Å². The first-order valence-electron chi connectivity index (χ1n) is 7.11. The second-order valence-corrected chi connectivity index (χ2v) is 5.14. The summed E-state index contributed by atoms with van der Waals surface area (Å²) in [6.07, 6.45) is 6.39. The highest BCUT2D eigenvalue weighted by atomic mass is 16.3. The van der Waals surface area contributed by atoms with Crippen molar-refractivity contribution in [2.45, 2.75) is 19.3 Å². The number of nitrogens with one attached hydrogen (secondary N) is 1. The molecular weight excluding hydrogens is 254 g/mol. The van der Waals surface area contributed by atoms with Crippen molar-refractivity contribution in [3.8, 4) is 6.07 Å². The zero-order valence-electron chi connectivity index (χ0n) is 11.6. The minimum atomic E-state index is 0.292. The molecule has 0 saturated carbocycles. The van der Waals surface area contributed by atoms with Crippen LogP contribution in [-0.4, -0.2) is 52.8 Å². The van der Waals surface area contributed by atoms with E-state index in [1.54, 1.807) is 6.20 Å². The van der Waals surface area contributed by atoms with E-state index in [-0.39, 0.29) is 0 Å². The number of nitriles is 1. The summed E-state index contributed by atoms with van der Waals surface area (Å²) in [7, 11) is 0. The molecule has 0 aromatic carbocycles. The summed E-state index contributed by atoms with van der Waals surface area (Å²) in [5.41, 5.74) is 0.339. The number of aliphatic hydroxyl groups excluding tert-OH is 1. The number of hydrogen-bond acceptors (Lipinski definition) is 6. The minimum absolute atomic E-state index is 0.292. The fourth-order valence-corrected chi connectivity index (χ4v) is 2.56. The zero-order chi connectivity index (χ0) is 14.2. The van der Waals surface area contributed by atoms with Gasteiger partial charge in [0.25, 0.3) is 0 Å². The van der Waals surface area contributed by atoms with E-state index in [1.807, 2.05) is 6.07 Å². The molecule has 1 aromatic heterocycles. The number of hydrogen-bond donors (Lipinski definition) is 2. The SMILES string of the molecule is N#Cc1nccnc1NCCCN1CCCC(CO)C1. The highest BCUT2D eigenvalue weighted by Gasteiger charge is 2.18. The van der Waals surface area contributed by atoms with Crippen molar-refractivity contribution in [1.29, 1.82) is 5.26 Å². The molecule has 0 radical (unpaired) electrons. The normalized spacial score (nSPS) is 19.5. The minimum Gasteiger partial charge on any atom is -0.396 e. The van der Waals surface area contributed by atoms with Gasteiger partial charge in [-0.2, -0.15) is 5.26 Å². The van der Waals surface area contributed by atoms with Crippen molar-refractivity contribution in [3.63, 3.8) is 0 Å². The van der Waals surface area contributed by atoms with Gasteiger partial charge in [-0.05, 0) is 38.3 Å². The number of rotatable bonds is 6. The average Bonchev–Trinajstić information content (AvgIpc) is 2.52. The van der Waals surface area contributed by atoms with Crippen LogP contribution >= 0.6 is 0 Å². The van der Waals surface area contributed by atoms with E-state index < -0.39 is 0 Å². The highest BCUT2D eigenvalue weighted by molar-refractivity contribution is 5.46. The molecule has 1 atom stereocenters. The molecule has 1 aromatic rings. The standard InChI is InChI=1S/C14H21N5O/c15-9-13-14(18-6-5-16-13)17-4-2-8-19-7-1-3-12(10-19)11-20/h5-6,12,20H,1-4,7-8,10-11H2,(H,17,18). The van der Waals surface area contributed by atoms with Crippen LogP contribution < -0.4 is 5.32 Å². The zero-order valence-corrected chi connectivity index (χ0v) is 11.6. The lowest BCUT2D eigenvalue weighted by atomic mass is 9.99. The molecule has 6 nitrogen and oxygen atoms in total. The van der Waals surface area contributed by atoms with Gasteiger partial charge in [-0.3, -0.25) is 0 Å². The fourth-order valence-electron chi connectivity index (χ4n) is 2.56. The molecule has 2 N–H and O–H groups in total. The van der Waals surface area contributed by atoms with Crippen LogP contribution in [0, 0.1) is 17.2 Å². The number of aromatic nitrogens is 2. The summed E-state index contributed by atoms with van der Waals surface area (Å²) in [6, 6.07) is 2.02. The summed E-state index contributed by atoms with van der Waals surface area (Å²) in [5, 5.41) is 21.3. The molecule has 0 amide bonds. The fraction of sp³-hybridized carbons (Fsp3) is 0.643. The van der Waals surface area contributed by atoms with E-state index in [1.165, 1.54) is 12.6 Å². The van der Waals surface area contributed by atoms with Gasteiger partial charge in [0.15, 0.2) is 11.5 Å². The van der Waals surface area contributed by atoms with Crippen LogP contribution in [0.1, 0.15) is 25.0 Å². The lowest BCUT2D eigenvalue weighted by molar-refractivity contribution is 0.120. The molecule has 1 unspecified atom stereocenters. The van der Waals surface area contributed by atoms with Crippen molar-refractivity contribution < 1.29 is 5.11 Å². The Bertz CT molecular complexity index is 459. The highest BCUT2D eigenvalue weighted by Crippen LogP contribution is 2.15. The topological polar surface area (TPSA) is 85.1 Å². The van der Waals surface area contributed by atoms with Crippen molar-refractivity contribution in [3.05, 3.63) is 18.1 Å². The van der Waals surface area contributed by atoms with E-state index >= 15 is 0 Å². The summed E-state index contributed by atoms with van der Waals surface area (Å²) < 4.78 is 0. The molecule has 6 heteroatoms. The molecule has 0 spiro atoms. The molecular formula is C14H21N5O. The van der Waals surface area contributed by atoms with Gasteiger partial charge in [0.1, 0.15) is 6.07 Å². The van der Waals surface area contributed by atoms with Crippen molar-refractivity contribution in [2.24, 2.45) is 5.92 Å².